The molecule has 1 heterocycles. The molecule has 3 aromatic rings. The fraction of sp³-hybridized carbons (Fsp3) is 0.296. The van der Waals surface area contributed by atoms with E-state index in [9.17, 15) is 39.9 Å². The van der Waals surface area contributed by atoms with Crippen molar-refractivity contribution in [2.75, 3.05) is 25.2 Å². The lowest BCUT2D eigenvalue weighted by atomic mass is 9.89. The summed E-state index contributed by atoms with van der Waals surface area (Å²) in [6.07, 6.45) is -13.1. The van der Waals surface area contributed by atoms with E-state index in [1.807, 2.05) is 0 Å². The molecule has 2 N–H and O–H groups in total. The van der Waals surface area contributed by atoms with Gasteiger partial charge >= 0.3 is 12.4 Å². The van der Waals surface area contributed by atoms with Gasteiger partial charge in [-0.05, 0) is 41.0 Å². The van der Waals surface area contributed by atoms with Crippen LogP contribution in [0.2, 0.25) is 5.02 Å². The molecule has 1 atom stereocenters. The standard InChI is InChI=1S/C27H24ClF6N3O4S/c1-36(14-15-38)42(40,41)20-12-10-18(11-13-20)17-6-8-19(9-7-17)23-16-24(25(39,26(29,30)31)27(32,33)34)35-37(23)22-5-3-2-4-21(22)28/h2-13,23,38-39H,14-16H2,1H3. The summed E-state index contributed by atoms with van der Waals surface area (Å²) in [7, 11) is -2.50. The van der Waals surface area contributed by atoms with Crippen LogP contribution in [0.5, 0.6) is 0 Å². The fourth-order valence-electron chi connectivity index (χ4n) is 4.49. The van der Waals surface area contributed by atoms with E-state index >= 15 is 0 Å². The SMILES string of the molecule is CN(CCO)S(=O)(=O)c1ccc(-c2ccc(C3CC(C(O)(C(F)(F)F)C(F)(F)F)=NN3c3ccccc3Cl)cc2)cc1. The molecule has 1 aliphatic heterocycles. The van der Waals surface area contributed by atoms with Gasteiger partial charge in [0.2, 0.25) is 10.0 Å². The van der Waals surface area contributed by atoms with Crippen molar-refractivity contribution in [2.45, 2.75) is 35.3 Å². The third kappa shape index (κ3) is 5.73. The first-order chi connectivity index (χ1) is 19.5. The predicted octanol–water partition coefficient (Wildman–Crippen LogP) is 5.78. The molecule has 15 heteroatoms. The Morgan fingerprint density at radius 3 is 1.95 bits per heavy atom. The highest BCUT2D eigenvalue weighted by atomic mass is 35.5. The van der Waals surface area contributed by atoms with Crippen molar-refractivity contribution in [3.8, 4) is 11.1 Å². The first-order valence-corrected chi connectivity index (χ1v) is 14.1. The van der Waals surface area contributed by atoms with E-state index < -0.39 is 46.2 Å². The van der Waals surface area contributed by atoms with Crippen molar-refractivity contribution in [1.29, 1.82) is 0 Å². The van der Waals surface area contributed by atoms with Crippen LogP contribution in [0.1, 0.15) is 18.0 Å². The smallest absolute Gasteiger partial charge is 0.395 e. The van der Waals surface area contributed by atoms with E-state index in [2.05, 4.69) is 5.10 Å². The minimum Gasteiger partial charge on any atom is -0.395 e. The molecular formula is C27H24ClF6N3O4S. The van der Waals surface area contributed by atoms with Gasteiger partial charge in [-0.15, -0.1) is 0 Å². The Morgan fingerprint density at radius 2 is 1.45 bits per heavy atom. The molecule has 0 radical (unpaired) electrons. The molecule has 226 valence electrons. The number of aliphatic hydroxyl groups is 2. The van der Waals surface area contributed by atoms with Crippen molar-refractivity contribution in [3.63, 3.8) is 0 Å². The molecule has 1 aliphatic rings. The lowest BCUT2D eigenvalue weighted by molar-refractivity contribution is -0.338. The van der Waals surface area contributed by atoms with Crippen LogP contribution in [0, 0.1) is 0 Å². The highest BCUT2D eigenvalue weighted by Crippen LogP contribution is 2.49. The molecular weight excluding hydrogens is 612 g/mol. The first-order valence-electron chi connectivity index (χ1n) is 12.3. The van der Waals surface area contributed by atoms with Crippen molar-refractivity contribution in [3.05, 3.63) is 83.4 Å². The predicted molar refractivity (Wildman–Crippen MR) is 145 cm³/mol. The zero-order valence-electron chi connectivity index (χ0n) is 21.7. The van der Waals surface area contributed by atoms with E-state index in [-0.39, 0.29) is 34.3 Å². The van der Waals surface area contributed by atoms with Crippen molar-refractivity contribution < 1.29 is 45.0 Å². The Bertz CT molecular complexity index is 1550. The Balaban J connectivity index is 1.69. The number of benzene rings is 3. The van der Waals surface area contributed by atoms with Gasteiger partial charge in [0.25, 0.3) is 5.60 Å². The fourth-order valence-corrected chi connectivity index (χ4v) is 5.88. The topological polar surface area (TPSA) is 93.4 Å². The van der Waals surface area contributed by atoms with Gasteiger partial charge in [-0.2, -0.15) is 35.7 Å². The van der Waals surface area contributed by atoms with E-state index in [0.29, 0.717) is 11.1 Å². The van der Waals surface area contributed by atoms with Crippen LogP contribution in [0.3, 0.4) is 0 Å². The number of aliphatic hydroxyl groups excluding tert-OH is 1. The second kappa shape index (κ2) is 11.5. The summed E-state index contributed by atoms with van der Waals surface area (Å²) in [5.74, 6) is 0. The number of halogens is 7. The van der Waals surface area contributed by atoms with Gasteiger partial charge in [0.15, 0.2) is 0 Å². The average Bonchev–Trinajstić information content (AvgIpc) is 3.37. The molecule has 3 aromatic carbocycles. The second-order valence-electron chi connectivity index (χ2n) is 9.47. The first kappa shape index (κ1) is 31.8. The minimum absolute atomic E-state index is 0.00773. The van der Waals surface area contributed by atoms with Crippen LogP contribution in [0.15, 0.2) is 82.8 Å². The highest BCUT2D eigenvalue weighted by Gasteiger charge is 2.74. The molecule has 0 aromatic heterocycles. The molecule has 4 rings (SSSR count). The van der Waals surface area contributed by atoms with Gasteiger partial charge in [0.1, 0.15) is 0 Å². The summed E-state index contributed by atoms with van der Waals surface area (Å²) in [5, 5.41) is 23.6. The number of anilines is 1. The number of para-hydroxylation sites is 1. The van der Waals surface area contributed by atoms with Gasteiger partial charge < -0.3 is 10.2 Å². The van der Waals surface area contributed by atoms with Crippen LogP contribution in [0.4, 0.5) is 32.0 Å². The van der Waals surface area contributed by atoms with Gasteiger partial charge in [-0.25, -0.2) is 8.42 Å². The maximum atomic E-state index is 13.7. The normalized spacial score (nSPS) is 16.7. The number of nitrogens with zero attached hydrogens (tertiary/aromatic N) is 3. The zero-order chi connectivity index (χ0) is 31.1. The minimum atomic E-state index is -6.10. The summed E-state index contributed by atoms with van der Waals surface area (Å²) >= 11 is 6.21. The van der Waals surface area contributed by atoms with E-state index in [1.54, 1.807) is 12.1 Å². The van der Waals surface area contributed by atoms with E-state index in [0.717, 1.165) is 9.31 Å². The molecule has 0 amide bonds. The van der Waals surface area contributed by atoms with E-state index in [4.69, 9.17) is 16.7 Å². The van der Waals surface area contributed by atoms with Crippen molar-refractivity contribution >= 4 is 33.0 Å². The van der Waals surface area contributed by atoms with Crippen LogP contribution in [-0.4, -0.2) is 66.8 Å². The maximum absolute atomic E-state index is 13.7. The van der Waals surface area contributed by atoms with Crippen molar-refractivity contribution in [1.82, 2.24) is 4.31 Å². The van der Waals surface area contributed by atoms with Crippen LogP contribution >= 0.6 is 11.6 Å². The summed E-state index contributed by atoms with van der Waals surface area (Å²) in [5.41, 5.74) is -5.22. The van der Waals surface area contributed by atoms with Crippen LogP contribution in [-0.2, 0) is 10.0 Å². The number of likely N-dealkylation sites (N-methyl/N-ethyl adjacent to an activating group) is 1. The Kier molecular flexibility index (Phi) is 8.69. The summed E-state index contributed by atoms with van der Waals surface area (Å²) in [4.78, 5) is -0.00773. The number of alkyl halides is 6. The number of hydrazone groups is 1. The largest absolute Gasteiger partial charge is 0.431 e. The molecule has 0 fully saturated rings. The summed E-state index contributed by atoms with van der Waals surface area (Å²) in [6, 6.07) is 16.5. The number of hydrogen-bond donors (Lipinski definition) is 2. The molecule has 1 unspecified atom stereocenters. The average molecular weight is 636 g/mol. The zero-order valence-corrected chi connectivity index (χ0v) is 23.3. The molecule has 0 aliphatic carbocycles. The lowest BCUT2D eigenvalue weighted by Gasteiger charge is -2.32. The van der Waals surface area contributed by atoms with Gasteiger partial charge in [-0.3, -0.25) is 5.01 Å². The summed E-state index contributed by atoms with van der Waals surface area (Å²) in [6.45, 7) is -0.444. The molecule has 7 nitrogen and oxygen atoms in total. The maximum Gasteiger partial charge on any atom is 0.431 e. The van der Waals surface area contributed by atoms with Crippen LogP contribution in [0.25, 0.3) is 11.1 Å². The molecule has 0 spiro atoms. The van der Waals surface area contributed by atoms with Crippen LogP contribution < -0.4 is 5.01 Å². The third-order valence-electron chi connectivity index (χ3n) is 6.85. The molecule has 0 saturated heterocycles. The Morgan fingerprint density at radius 1 is 0.929 bits per heavy atom. The van der Waals surface area contributed by atoms with Gasteiger partial charge in [-0.1, -0.05) is 60.1 Å². The molecule has 42 heavy (non-hydrogen) atoms. The number of sulfonamides is 1. The quantitative estimate of drug-likeness (QED) is 0.306. The number of rotatable bonds is 8. The molecule has 0 bridgehead atoms. The van der Waals surface area contributed by atoms with Gasteiger partial charge in [0.05, 0.1) is 34.0 Å². The Labute approximate surface area is 242 Å². The number of hydrogen-bond acceptors (Lipinski definition) is 6. The Hall–Kier alpha value is -3.17. The van der Waals surface area contributed by atoms with E-state index in [1.165, 1.54) is 67.7 Å². The monoisotopic (exact) mass is 635 g/mol. The second-order valence-corrected chi connectivity index (χ2v) is 11.9. The van der Waals surface area contributed by atoms with Gasteiger partial charge in [0, 0.05) is 20.0 Å². The third-order valence-corrected chi connectivity index (χ3v) is 9.04. The summed E-state index contributed by atoms with van der Waals surface area (Å²) < 4.78 is 108. The lowest BCUT2D eigenvalue weighted by Crippen LogP contribution is -2.62. The van der Waals surface area contributed by atoms with Crippen molar-refractivity contribution in [2.24, 2.45) is 5.10 Å². The molecule has 0 saturated carbocycles. The highest BCUT2D eigenvalue weighted by molar-refractivity contribution is 7.89.